The van der Waals surface area contributed by atoms with Crippen LogP contribution in [-0.4, -0.2) is 24.3 Å². The number of aliphatic hydroxyl groups is 1. The minimum absolute atomic E-state index is 0.0417. The first kappa shape index (κ1) is 9.80. The second kappa shape index (κ2) is 4.67. The fourth-order valence-electron chi connectivity index (χ4n) is 1.03. The predicted molar refractivity (Wildman–Crippen MR) is 45.5 cm³/mol. The summed E-state index contributed by atoms with van der Waals surface area (Å²) in [6, 6.07) is 1.54. The van der Waals surface area contributed by atoms with Crippen molar-refractivity contribution in [2.75, 3.05) is 13.2 Å². The monoisotopic (exact) mass is 184 g/mol. The molecule has 0 saturated carbocycles. The molecule has 0 aromatic carbocycles. The average Bonchev–Trinajstić information content (AvgIpc) is 2.54. The van der Waals surface area contributed by atoms with Gasteiger partial charge in [0.05, 0.1) is 19.5 Å². The van der Waals surface area contributed by atoms with Crippen LogP contribution in [0.4, 0.5) is 0 Å². The third-order valence-electron chi connectivity index (χ3n) is 1.58. The van der Waals surface area contributed by atoms with Crippen LogP contribution in [0.15, 0.2) is 16.7 Å². The number of esters is 1. The van der Waals surface area contributed by atoms with Crippen LogP contribution >= 0.6 is 0 Å². The van der Waals surface area contributed by atoms with Gasteiger partial charge in [0.15, 0.2) is 0 Å². The Kier molecular flexibility index (Phi) is 3.52. The summed E-state index contributed by atoms with van der Waals surface area (Å²) in [5, 5.41) is 8.66. The van der Waals surface area contributed by atoms with Gasteiger partial charge in [-0.05, 0) is 13.0 Å². The van der Waals surface area contributed by atoms with E-state index in [-0.39, 0.29) is 6.61 Å². The molecule has 0 aliphatic heterocycles. The van der Waals surface area contributed by atoms with Crippen molar-refractivity contribution in [3.8, 4) is 0 Å². The van der Waals surface area contributed by atoms with Gasteiger partial charge in [-0.1, -0.05) is 0 Å². The van der Waals surface area contributed by atoms with E-state index in [1.165, 1.54) is 6.26 Å². The summed E-state index contributed by atoms with van der Waals surface area (Å²) in [4.78, 5) is 11.2. The number of rotatable bonds is 4. The number of carbonyl (C=O) groups is 1. The highest BCUT2D eigenvalue weighted by atomic mass is 16.5. The SMILES string of the molecule is CCOC(=O)c1ccoc1CCO. The van der Waals surface area contributed by atoms with Gasteiger partial charge in [-0.25, -0.2) is 4.79 Å². The van der Waals surface area contributed by atoms with Crippen LogP contribution in [0.2, 0.25) is 0 Å². The van der Waals surface area contributed by atoms with Crippen molar-refractivity contribution in [1.82, 2.24) is 0 Å². The lowest BCUT2D eigenvalue weighted by atomic mass is 10.2. The Labute approximate surface area is 76.1 Å². The summed E-state index contributed by atoms with van der Waals surface area (Å²) >= 11 is 0. The minimum Gasteiger partial charge on any atom is -0.468 e. The number of carbonyl (C=O) groups excluding carboxylic acids is 1. The molecule has 0 fully saturated rings. The van der Waals surface area contributed by atoms with Crippen molar-refractivity contribution in [1.29, 1.82) is 0 Å². The quantitative estimate of drug-likeness (QED) is 0.709. The van der Waals surface area contributed by atoms with E-state index in [1.54, 1.807) is 13.0 Å². The van der Waals surface area contributed by atoms with Crippen molar-refractivity contribution in [3.05, 3.63) is 23.7 Å². The van der Waals surface area contributed by atoms with Crippen LogP contribution in [0.5, 0.6) is 0 Å². The number of ether oxygens (including phenoxy) is 1. The van der Waals surface area contributed by atoms with E-state index in [1.807, 2.05) is 0 Å². The second-order valence-corrected chi connectivity index (χ2v) is 2.45. The molecular weight excluding hydrogens is 172 g/mol. The van der Waals surface area contributed by atoms with Crippen LogP contribution in [0.25, 0.3) is 0 Å². The van der Waals surface area contributed by atoms with Gasteiger partial charge in [0.2, 0.25) is 0 Å². The maximum Gasteiger partial charge on any atom is 0.341 e. The zero-order valence-electron chi connectivity index (χ0n) is 7.45. The van der Waals surface area contributed by atoms with Gasteiger partial charge in [0.1, 0.15) is 11.3 Å². The molecule has 0 aliphatic carbocycles. The molecule has 1 heterocycles. The number of hydrogen-bond acceptors (Lipinski definition) is 4. The van der Waals surface area contributed by atoms with Gasteiger partial charge >= 0.3 is 5.97 Å². The highest BCUT2D eigenvalue weighted by Gasteiger charge is 2.14. The fraction of sp³-hybridized carbons (Fsp3) is 0.444. The van der Waals surface area contributed by atoms with Crippen molar-refractivity contribution >= 4 is 5.97 Å². The van der Waals surface area contributed by atoms with Gasteiger partial charge in [-0.2, -0.15) is 0 Å². The Morgan fingerprint density at radius 1 is 1.69 bits per heavy atom. The van der Waals surface area contributed by atoms with E-state index in [4.69, 9.17) is 14.3 Å². The summed E-state index contributed by atoms with van der Waals surface area (Å²) in [7, 11) is 0. The van der Waals surface area contributed by atoms with Crippen molar-refractivity contribution in [3.63, 3.8) is 0 Å². The molecule has 1 aromatic rings. The first-order chi connectivity index (χ1) is 6.29. The summed E-state index contributed by atoms with van der Waals surface area (Å²) < 4.78 is 9.80. The third kappa shape index (κ3) is 2.32. The van der Waals surface area contributed by atoms with E-state index in [2.05, 4.69) is 0 Å². The summed E-state index contributed by atoms with van der Waals surface area (Å²) in [6.45, 7) is 2.03. The van der Waals surface area contributed by atoms with Crippen molar-refractivity contribution in [2.45, 2.75) is 13.3 Å². The van der Waals surface area contributed by atoms with Gasteiger partial charge in [0, 0.05) is 6.42 Å². The topological polar surface area (TPSA) is 59.7 Å². The van der Waals surface area contributed by atoms with E-state index < -0.39 is 5.97 Å². The lowest BCUT2D eigenvalue weighted by Crippen LogP contribution is -2.06. The molecule has 72 valence electrons. The molecule has 0 spiro atoms. The van der Waals surface area contributed by atoms with Crippen LogP contribution in [0, 0.1) is 0 Å². The lowest BCUT2D eigenvalue weighted by molar-refractivity contribution is 0.0523. The Hall–Kier alpha value is -1.29. The molecule has 4 heteroatoms. The van der Waals surface area contributed by atoms with E-state index in [0.29, 0.717) is 24.4 Å². The highest BCUT2D eigenvalue weighted by Crippen LogP contribution is 2.12. The third-order valence-corrected chi connectivity index (χ3v) is 1.58. The number of furan rings is 1. The zero-order valence-corrected chi connectivity index (χ0v) is 7.45. The minimum atomic E-state index is -0.403. The molecule has 0 radical (unpaired) electrons. The number of aliphatic hydroxyl groups excluding tert-OH is 1. The summed E-state index contributed by atoms with van der Waals surface area (Å²) in [5.41, 5.74) is 0.399. The van der Waals surface area contributed by atoms with Crippen LogP contribution in [0.3, 0.4) is 0 Å². The maximum absolute atomic E-state index is 11.2. The van der Waals surface area contributed by atoms with E-state index in [0.717, 1.165) is 0 Å². The zero-order chi connectivity index (χ0) is 9.68. The molecule has 1 rings (SSSR count). The van der Waals surface area contributed by atoms with Crippen molar-refractivity contribution < 1.29 is 19.1 Å². The molecule has 0 amide bonds. The molecule has 1 aromatic heterocycles. The first-order valence-electron chi connectivity index (χ1n) is 4.14. The fourth-order valence-corrected chi connectivity index (χ4v) is 1.03. The van der Waals surface area contributed by atoms with Crippen LogP contribution in [0.1, 0.15) is 23.0 Å². The van der Waals surface area contributed by atoms with Gasteiger partial charge in [-0.15, -0.1) is 0 Å². The summed E-state index contributed by atoms with van der Waals surface area (Å²) in [5.74, 6) is 0.0700. The van der Waals surface area contributed by atoms with Gasteiger partial charge < -0.3 is 14.3 Å². The highest BCUT2D eigenvalue weighted by molar-refractivity contribution is 5.90. The molecule has 0 unspecified atom stereocenters. The molecule has 1 N–H and O–H groups in total. The summed E-state index contributed by atoms with van der Waals surface area (Å²) in [6.07, 6.45) is 1.75. The molecule has 0 atom stereocenters. The average molecular weight is 184 g/mol. The van der Waals surface area contributed by atoms with Gasteiger partial charge in [0.25, 0.3) is 0 Å². The first-order valence-corrected chi connectivity index (χ1v) is 4.14. The number of hydrogen-bond donors (Lipinski definition) is 1. The molecular formula is C9H12O4. The largest absolute Gasteiger partial charge is 0.468 e. The predicted octanol–water partition coefficient (Wildman–Crippen LogP) is 0.991. The standard InChI is InChI=1S/C9H12O4/c1-2-12-9(11)7-4-6-13-8(7)3-5-10/h4,6,10H,2-3,5H2,1H3. The van der Waals surface area contributed by atoms with Crippen LogP contribution in [-0.2, 0) is 11.2 Å². The normalized spacial score (nSPS) is 10.0. The smallest absolute Gasteiger partial charge is 0.341 e. The second-order valence-electron chi connectivity index (χ2n) is 2.45. The van der Waals surface area contributed by atoms with Crippen molar-refractivity contribution in [2.24, 2.45) is 0 Å². The van der Waals surface area contributed by atoms with E-state index >= 15 is 0 Å². The molecule has 0 aliphatic rings. The Bertz CT molecular complexity index is 277. The molecule has 0 saturated heterocycles. The Morgan fingerprint density at radius 3 is 3.08 bits per heavy atom. The Balaban J connectivity index is 2.74. The lowest BCUT2D eigenvalue weighted by Gasteiger charge is -2.00. The van der Waals surface area contributed by atoms with E-state index in [9.17, 15) is 4.79 Å². The Morgan fingerprint density at radius 2 is 2.46 bits per heavy atom. The maximum atomic E-state index is 11.2. The molecule has 0 bridgehead atoms. The van der Waals surface area contributed by atoms with Gasteiger partial charge in [-0.3, -0.25) is 0 Å². The molecule has 13 heavy (non-hydrogen) atoms. The van der Waals surface area contributed by atoms with Crippen LogP contribution < -0.4 is 0 Å². The molecule has 4 nitrogen and oxygen atoms in total.